The second-order valence-electron chi connectivity index (χ2n) is 12.3. The number of hydrogen-bond acceptors (Lipinski definition) is 12. The molecule has 1 aliphatic rings. The molecule has 3 unspecified atom stereocenters. The summed E-state index contributed by atoms with van der Waals surface area (Å²) in [6.07, 6.45) is 10.4. The molecule has 0 radical (unpaired) electrons. The molecule has 1 rings (SSSR count). The zero-order valence-corrected chi connectivity index (χ0v) is 32.6. The van der Waals surface area contributed by atoms with Crippen LogP contribution in [-0.2, 0) is 50.3 Å². The van der Waals surface area contributed by atoms with Crippen LogP contribution in [0.2, 0.25) is 0 Å². The Morgan fingerprint density at radius 3 is 1.39 bits per heavy atom. The largest absolute Gasteiger partial charge is 0.472 e. The summed E-state index contributed by atoms with van der Waals surface area (Å²) in [6.45, 7) is 5.03. The summed E-state index contributed by atoms with van der Waals surface area (Å²) in [4.78, 5) is 30.7. The third kappa shape index (κ3) is 24.2. The molecule has 0 saturated carbocycles. The van der Waals surface area contributed by atoms with E-state index in [0.29, 0.717) is 19.3 Å². The molecule has 0 aliphatic carbocycles. The lowest BCUT2D eigenvalue weighted by Crippen LogP contribution is -2.55. The summed E-state index contributed by atoms with van der Waals surface area (Å²) < 4.78 is 79.4. The quantitative estimate of drug-likeness (QED) is 0.0369. The molecule has 0 bridgehead atoms. The van der Waals surface area contributed by atoms with Crippen LogP contribution in [0.25, 0.3) is 0 Å². The highest BCUT2D eigenvalue weighted by Gasteiger charge is 2.48. The molecule has 0 aromatic carbocycles. The zero-order valence-electron chi connectivity index (χ0n) is 29.9. The molecular weight excluding hydrogens is 705 g/mol. The topological polar surface area (TPSA) is 206 Å². The van der Waals surface area contributed by atoms with E-state index in [4.69, 9.17) is 36.6 Å². The number of aliphatic hydroxyl groups excluding tert-OH is 1. The minimum absolute atomic E-state index is 0.0511. The standard InChI is InChI=1S/C31H65O15P3/c1-4-7-10-13-16-19-22-41-47(33,34)44-26-25-39-31-29(32)30(46-49(37,38)43-24-21-18-15-12-9-6-3)28(27-40-31)45-48(35,36)42-23-20-17-14-11-8-5-2/h28-32H,4-27H2,1-3H3,(H,33,34)(H,35,36)(H,37,38)/t28-,29-,30+,31+/m1/s1. The molecule has 0 aromatic rings. The van der Waals surface area contributed by atoms with Gasteiger partial charge < -0.3 is 29.3 Å². The Kier molecular flexibility index (Phi) is 26.8. The van der Waals surface area contributed by atoms with Gasteiger partial charge in [0.2, 0.25) is 0 Å². The molecule has 1 aliphatic heterocycles. The lowest BCUT2D eigenvalue weighted by atomic mass is 10.1. The van der Waals surface area contributed by atoms with Crippen molar-refractivity contribution in [3.05, 3.63) is 0 Å². The van der Waals surface area contributed by atoms with Gasteiger partial charge in [-0.25, -0.2) is 13.7 Å². The summed E-state index contributed by atoms with van der Waals surface area (Å²) >= 11 is 0. The van der Waals surface area contributed by atoms with Crippen molar-refractivity contribution in [2.24, 2.45) is 0 Å². The number of phosphoric acid groups is 3. The van der Waals surface area contributed by atoms with E-state index in [-0.39, 0.29) is 26.4 Å². The van der Waals surface area contributed by atoms with E-state index in [0.717, 1.165) is 96.3 Å². The van der Waals surface area contributed by atoms with Gasteiger partial charge in [0.05, 0.1) is 39.6 Å². The zero-order chi connectivity index (χ0) is 36.4. The summed E-state index contributed by atoms with van der Waals surface area (Å²) in [5, 5.41) is 11.0. The Bertz CT molecular complexity index is 957. The third-order valence-electron chi connectivity index (χ3n) is 7.81. The van der Waals surface area contributed by atoms with Gasteiger partial charge in [0.15, 0.2) is 6.29 Å². The van der Waals surface area contributed by atoms with Crippen molar-refractivity contribution < 1.29 is 70.1 Å². The van der Waals surface area contributed by atoms with Crippen molar-refractivity contribution in [1.29, 1.82) is 0 Å². The Balaban J connectivity index is 2.71. The first-order chi connectivity index (χ1) is 23.4. The second kappa shape index (κ2) is 27.8. The minimum atomic E-state index is -4.78. The van der Waals surface area contributed by atoms with Crippen molar-refractivity contribution in [1.82, 2.24) is 0 Å². The SMILES string of the molecule is CCCCCCCCOP(=O)(O)OCCO[C@H]1OC[C@@H](OP(=O)(O)OCCCCCCCC)[C@H](OP(=O)(O)OCCCCCCCC)[C@H]1O. The highest BCUT2D eigenvalue weighted by molar-refractivity contribution is 7.48. The van der Waals surface area contributed by atoms with Crippen molar-refractivity contribution in [2.75, 3.05) is 39.6 Å². The first-order valence-corrected chi connectivity index (χ1v) is 22.7. The molecule has 0 aromatic heterocycles. The fraction of sp³-hybridized carbons (Fsp3) is 1.00. The molecule has 1 heterocycles. The molecule has 1 fully saturated rings. The predicted molar refractivity (Wildman–Crippen MR) is 185 cm³/mol. The second-order valence-corrected chi connectivity index (χ2v) is 16.6. The number of aliphatic hydroxyl groups is 1. The maximum Gasteiger partial charge on any atom is 0.472 e. The first-order valence-electron chi connectivity index (χ1n) is 18.2. The van der Waals surface area contributed by atoms with Crippen LogP contribution in [0.1, 0.15) is 136 Å². The third-order valence-corrected chi connectivity index (χ3v) is 10.9. The molecule has 0 spiro atoms. The van der Waals surface area contributed by atoms with Gasteiger partial charge in [0.25, 0.3) is 0 Å². The smallest absolute Gasteiger partial charge is 0.385 e. The molecule has 18 heteroatoms. The van der Waals surface area contributed by atoms with Crippen LogP contribution in [0.15, 0.2) is 0 Å². The Morgan fingerprint density at radius 2 is 0.918 bits per heavy atom. The molecule has 294 valence electrons. The molecular formula is C31H65O15P3. The van der Waals surface area contributed by atoms with Crippen molar-refractivity contribution in [2.45, 2.75) is 161 Å². The van der Waals surface area contributed by atoms with Gasteiger partial charge in [0.1, 0.15) is 18.3 Å². The maximum absolute atomic E-state index is 12.9. The molecule has 4 N–H and O–H groups in total. The van der Waals surface area contributed by atoms with Gasteiger partial charge in [-0.05, 0) is 19.3 Å². The fourth-order valence-corrected chi connectivity index (χ4v) is 7.72. The van der Waals surface area contributed by atoms with Crippen LogP contribution in [-0.4, -0.2) is 84.0 Å². The number of hydrogen-bond donors (Lipinski definition) is 4. The van der Waals surface area contributed by atoms with Crippen molar-refractivity contribution in [3.63, 3.8) is 0 Å². The first kappa shape index (κ1) is 47.2. The van der Waals surface area contributed by atoms with Crippen LogP contribution >= 0.6 is 23.5 Å². The number of rotatable bonds is 33. The van der Waals surface area contributed by atoms with E-state index in [9.17, 15) is 33.5 Å². The van der Waals surface area contributed by atoms with Crippen molar-refractivity contribution in [3.8, 4) is 0 Å². The van der Waals surface area contributed by atoms with Gasteiger partial charge in [-0.1, -0.05) is 117 Å². The van der Waals surface area contributed by atoms with Gasteiger partial charge in [0, 0.05) is 0 Å². The molecule has 15 nitrogen and oxygen atoms in total. The van der Waals surface area contributed by atoms with Gasteiger partial charge in [-0.3, -0.25) is 27.1 Å². The normalized spacial score (nSPS) is 23.6. The molecule has 49 heavy (non-hydrogen) atoms. The summed E-state index contributed by atoms with van der Waals surface area (Å²) in [6, 6.07) is 0. The molecule has 0 amide bonds. The van der Waals surface area contributed by atoms with E-state index in [1.54, 1.807) is 0 Å². The predicted octanol–water partition coefficient (Wildman–Crippen LogP) is 7.94. The lowest BCUT2D eigenvalue weighted by Gasteiger charge is -2.39. The van der Waals surface area contributed by atoms with Crippen LogP contribution in [0.5, 0.6) is 0 Å². The summed E-state index contributed by atoms with van der Waals surface area (Å²) in [5.41, 5.74) is 0. The monoisotopic (exact) mass is 770 g/mol. The fourth-order valence-electron chi connectivity index (χ4n) is 5.05. The number of unbranched alkanes of at least 4 members (excludes halogenated alkanes) is 15. The highest BCUT2D eigenvalue weighted by atomic mass is 31.2. The lowest BCUT2D eigenvalue weighted by molar-refractivity contribution is -0.266. The van der Waals surface area contributed by atoms with Crippen LogP contribution in [0.4, 0.5) is 0 Å². The van der Waals surface area contributed by atoms with E-state index in [1.165, 1.54) is 0 Å². The van der Waals surface area contributed by atoms with Crippen LogP contribution < -0.4 is 0 Å². The number of ether oxygens (including phenoxy) is 2. The number of phosphoric ester groups is 3. The van der Waals surface area contributed by atoms with Gasteiger partial charge >= 0.3 is 23.5 Å². The van der Waals surface area contributed by atoms with E-state index in [1.807, 2.05) is 0 Å². The van der Waals surface area contributed by atoms with Gasteiger partial charge in [-0.15, -0.1) is 0 Å². The Morgan fingerprint density at radius 1 is 0.531 bits per heavy atom. The van der Waals surface area contributed by atoms with E-state index in [2.05, 4.69) is 20.8 Å². The van der Waals surface area contributed by atoms with Crippen LogP contribution in [0.3, 0.4) is 0 Å². The summed E-state index contributed by atoms with van der Waals surface area (Å²) in [5.74, 6) is 0. The van der Waals surface area contributed by atoms with E-state index < -0.39 is 61.3 Å². The summed E-state index contributed by atoms with van der Waals surface area (Å²) in [7, 11) is -13.8. The average Bonchev–Trinajstić information content (AvgIpc) is 3.04. The Hall–Kier alpha value is 0.210. The van der Waals surface area contributed by atoms with Crippen LogP contribution in [0, 0.1) is 0 Å². The van der Waals surface area contributed by atoms with Gasteiger partial charge in [-0.2, -0.15) is 0 Å². The molecule has 1 saturated heterocycles. The molecule has 7 atom stereocenters. The maximum atomic E-state index is 12.9. The highest BCUT2D eigenvalue weighted by Crippen LogP contribution is 2.51. The van der Waals surface area contributed by atoms with Crippen molar-refractivity contribution >= 4 is 23.5 Å². The van der Waals surface area contributed by atoms with E-state index >= 15 is 0 Å². The Labute approximate surface area is 293 Å². The minimum Gasteiger partial charge on any atom is -0.385 e. The average molecular weight is 771 g/mol.